The maximum Gasteiger partial charge on any atom is 0.306 e. The summed E-state index contributed by atoms with van der Waals surface area (Å²) in [4.78, 5) is 38.2. The van der Waals surface area contributed by atoms with E-state index in [0.717, 1.165) is 161 Å². The topological polar surface area (TPSA) is 78.9 Å². The predicted octanol–water partition coefficient (Wildman–Crippen LogP) is 21.0. The summed E-state index contributed by atoms with van der Waals surface area (Å²) in [5, 5.41) is 0. The smallest absolute Gasteiger partial charge is 0.306 e. The average molecular weight is 1040 g/mol. The molecule has 0 aromatic rings. The van der Waals surface area contributed by atoms with Crippen molar-refractivity contribution >= 4 is 17.9 Å². The van der Waals surface area contributed by atoms with E-state index < -0.39 is 6.10 Å². The molecule has 0 fully saturated rings. The summed E-state index contributed by atoms with van der Waals surface area (Å²) in [7, 11) is 0. The van der Waals surface area contributed by atoms with Gasteiger partial charge in [-0.1, -0.05) is 264 Å². The summed E-state index contributed by atoms with van der Waals surface area (Å²) >= 11 is 0. The van der Waals surface area contributed by atoms with E-state index >= 15 is 0 Å². The first-order valence-corrected chi connectivity index (χ1v) is 30.7. The highest BCUT2D eigenvalue weighted by Gasteiger charge is 2.19. The van der Waals surface area contributed by atoms with Crippen LogP contribution in [-0.4, -0.2) is 37.2 Å². The molecule has 0 heterocycles. The minimum Gasteiger partial charge on any atom is -0.462 e. The standard InChI is InChI=1S/C69H112O6/c1-4-7-10-13-16-19-22-25-27-28-29-30-31-32-33-34-35-36-37-38-39-40-42-44-47-50-53-56-59-62-68(71)74-65-66(64-73-67(70)61-58-55-52-49-46-43-24-21-18-15-12-9-6-3)75-69(72)63-60-57-54-51-48-45-41-26-23-20-17-14-11-8-5-2/h7-8,10-11,16-17,19-20,25-27,29-30,32-33,35-36,38-39,41-42,44,66H,4-6,9,12-15,18,21-24,28,31,34,37,40,43,45-65H2,1-3H3/b10-7-,11-8-,19-16-,20-17-,27-25-,30-29-,33-32-,36-35-,39-38-,41-26-,44-42-. The number of unbranched alkanes of at least 4 members (excludes halogenated alkanes) is 21. The second kappa shape index (κ2) is 62.1. The molecule has 0 aliphatic carbocycles. The Labute approximate surface area is 462 Å². The maximum atomic E-state index is 12.9. The second-order valence-corrected chi connectivity index (χ2v) is 19.9. The fraction of sp³-hybridized carbons (Fsp3) is 0.638. The zero-order chi connectivity index (χ0) is 54.3. The van der Waals surface area contributed by atoms with Gasteiger partial charge in [0.05, 0.1) is 0 Å². The van der Waals surface area contributed by atoms with Gasteiger partial charge in [0.15, 0.2) is 6.10 Å². The summed E-state index contributed by atoms with van der Waals surface area (Å²) in [6.45, 7) is 6.38. The first-order valence-electron chi connectivity index (χ1n) is 30.7. The van der Waals surface area contributed by atoms with Crippen LogP contribution in [0.3, 0.4) is 0 Å². The van der Waals surface area contributed by atoms with Gasteiger partial charge >= 0.3 is 17.9 Å². The molecule has 424 valence electrons. The number of hydrogen-bond acceptors (Lipinski definition) is 6. The van der Waals surface area contributed by atoms with E-state index in [2.05, 4.69) is 154 Å². The minimum atomic E-state index is -0.801. The molecule has 0 N–H and O–H groups in total. The lowest BCUT2D eigenvalue weighted by Gasteiger charge is -2.18. The highest BCUT2D eigenvalue weighted by Crippen LogP contribution is 2.15. The lowest BCUT2D eigenvalue weighted by molar-refractivity contribution is -0.167. The van der Waals surface area contributed by atoms with Crippen LogP contribution in [0.4, 0.5) is 0 Å². The van der Waals surface area contributed by atoms with Crippen molar-refractivity contribution in [3.8, 4) is 0 Å². The molecule has 0 rings (SSSR count). The van der Waals surface area contributed by atoms with Crippen LogP contribution in [0, 0.1) is 0 Å². The van der Waals surface area contributed by atoms with Crippen LogP contribution in [0.2, 0.25) is 0 Å². The number of carbonyl (C=O) groups excluding carboxylic acids is 3. The lowest BCUT2D eigenvalue weighted by atomic mass is 10.0. The lowest BCUT2D eigenvalue weighted by Crippen LogP contribution is -2.30. The summed E-state index contributed by atoms with van der Waals surface area (Å²) in [5.41, 5.74) is 0. The largest absolute Gasteiger partial charge is 0.462 e. The highest BCUT2D eigenvalue weighted by atomic mass is 16.6. The van der Waals surface area contributed by atoms with Gasteiger partial charge in [-0.15, -0.1) is 0 Å². The molecule has 0 spiro atoms. The first kappa shape index (κ1) is 70.5. The van der Waals surface area contributed by atoms with E-state index in [1.807, 2.05) is 0 Å². The van der Waals surface area contributed by atoms with Gasteiger partial charge in [-0.3, -0.25) is 14.4 Å². The van der Waals surface area contributed by atoms with Gasteiger partial charge in [0.25, 0.3) is 0 Å². The van der Waals surface area contributed by atoms with E-state index in [1.54, 1.807) is 0 Å². The van der Waals surface area contributed by atoms with Crippen LogP contribution < -0.4 is 0 Å². The quantitative estimate of drug-likeness (QED) is 0.0261. The van der Waals surface area contributed by atoms with Crippen LogP contribution in [0.15, 0.2) is 134 Å². The van der Waals surface area contributed by atoms with Crippen LogP contribution in [-0.2, 0) is 28.6 Å². The summed E-state index contributed by atoms with van der Waals surface area (Å²) in [6.07, 6.45) is 87.3. The van der Waals surface area contributed by atoms with Gasteiger partial charge in [-0.2, -0.15) is 0 Å². The maximum absolute atomic E-state index is 12.9. The number of carbonyl (C=O) groups is 3. The molecule has 0 saturated heterocycles. The van der Waals surface area contributed by atoms with Crippen molar-refractivity contribution in [2.24, 2.45) is 0 Å². The number of hydrogen-bond donors (Lipinski definition) is 0. The molecule has 1 unspecified atom stereocenters. The van der Waals surface area contributed by atoms with Gasteiger partial charge in [0.2, 0.25) is 0 Å². The van der Waals surface area contributed by atoms with Crippen molar-refractivity contribution < 1.29 is 28.6 Å². The van der Waals surface area contributed by atoms with Crippen LogP contribution >= 0.6 is 0 Å². The van der Waals surface area contributed by atoms with Crippen molar-refractivity contribution in [2.45, 2.75) is 271 Å². The summed E-state index contributed by atoms with van der Waals surface area (Å²) < 4.78 is 16.9. The SMILES string of the molecule is CC/C=C\C/C=C\C/C=C\C/C=C\C/C=C\C/C=C\C/C=C\C/C=C\CCCCCCC(=O)OCC(COC(=O)CCCCCCCCCCCCCCC)OC(=O)CCCCCCC/C=C\C/C=C\C/C=C\CC. The van der Waals surface area contributed by atoms with Crippen LogP contribution in [0.5, 0.6) is 0 Å². The molecule has 1 atom stereocenters. The Morgan fingerprint density at radius 2 is 0.520 bits per heavy atom. The molecule has 75 heavy (non-hydrogen) atoms. The highest BCUT2D eigenvalue weighted by molar-refractivity contribution is 5.71. The Balaban J connectivity index is 4.39. The molecular weight excluding hydrogens is 925 g/mol. The van der Waals surface area contributed by atoms with Crippen LogP contribution in [0.1, 0.15) is 265 Å². The van der Waals surface area contributed by atoms with Gasteiger partial charge in [0.1, 0.15) is 13.2 Å². The van der Waals surface area contributed by atoms with Gasteiger partial charge < -0.3 is 14.2 Å². The Hall–Kier alpha value is -4.45. The van der Waals surface area contributed by atoms with Crippen molar-refractivity contribution in [3.63, 3.8) is 0 Å². The van der Waals surface area contributed by atoms with Crippen molar-refractivity contribution in [1.82, 2.24) is 0 Å². The van der Waals surface area contributed by atoms with E-state index in [4.69, 9.17) is 14.2 Å². The normalized spacial score (nSPS) is 13.1. The molecule has 0 saturated carbocycles. The van der Waals surface area contributed by atoms with E-state index in [0.29, 0.717) is 19.3 Å². The van der Waals surface area contributed by atoms with Crippen molar-refractivity contribution in [3.05, 3.63) is 134 Å². The average Bonchev–Trinajstić information content (AvgIpc) is 3.41. The van der Waals surface area contributed by atoms with E-state index in [9.17, 15) is 14.4 Å². The van der Waals surface area contributed by atoms with Gasteiger partial charge in [-0.25, -0.2) is 0 Å². The van der Waals surface area contributed by atoms with Gasteiger partial charge in [-0.05, 0) is 116 Å². The summed E-state index contributed by atoms with van der Waals surface area (Å²) in [5.74, 6) is -0.938. The minimum absolute atomic E-state index is 0.0949. The molecule has 0 aliphatic rings. The van der Waals surface area contributed by atoms with Crippen molar-refractivity contribution in [2.75, 3.05) is 13.2 Å². The molecule has 6 heteroatoms. The number of rotatable bonds is 54. The molecule has 0 aromatic carbocycles. The Morgan fingerprint density at radius 3 is 0.813 bits per heavy atom. The van der Waals surface area contributed by atoms with Gasteiger partial charge in [0, 0.05) is 19.3 Å². The third kappa shape index (κ3) is 60.3. The molecule has 0 aromatic heterocycles. The zero-order valence-corrected chi connectivity index (χ0v) is 48.5. The zero-order valence-electron chi connectivity index (χ0n) is 48.5. The molecule has 0 amide bonds. The molecule has 6 nitrogen and oxygen atoms in total. The number of ether oxygens (including phenoxy) is 3. The first-order chi connectivity index (χ1) is 37.0. The molecule has 0 bridgehead atoms. The van der Waals surface area contributed by atoms with E-state index in [-0.39, 0.29) is 31.1 Å². The molecular formula is C69H112O6. The Bertz CT molecular complexity index is 1620. The Morgan fingerprint density at radius 1 is 0.280 bits per heavy atom. The summed E-state index contributed by atoms with van der Waals surface area (Å²) in [6, 6.07) is 0. The second-order valence-electron chi connectivity index (χ2n) is 19.9. The number of esters is 3. The predicted molar refractivity (Wildman–Crippen MR) is 325 cm³/mol. The Kier molecular flexibility index (Phi) is 58.4. The number of allylic oxidation sites excluding steroid dienone is 22. The third-order valence-electron chi connectivity index (χ3n) is 12.7. The molecule has 0 aliphatic heterocycles. The monoisotopic (exact) mass is 1040 g/mol. The van der Waals surface area contributed by atoms with Crippen molar-refractivity contribution in [1.29, 1.82) is 0 Å². The fourth-order valence-electron chi connectivity index (χ4n) is 8.12. The molecule has 0 radical (unpaired) electrons. The third-order valence-corrected chi connectivity index (χ3v) is 12.7. The van der Waals surface area contributed by atoms with E-state index in [1.165, 1.54) is 64.2 Å². The van der Waals surface area contributed by atoms with Crippen LogP contribution in [0.25, 0.3) is 0 Å². The fourth-order valence-corrected chi connectivity index (χ4v) is 8.12.